The molecule has 0 amide bonds. The Hall–Kier alpha value is -1.32. The first kappa shape index (κ1) is 8.77. The maximum atomic E-state index is 10.9. The molecule has 66 valence electrons. The third kappa shape index (κ3) is 1.20. The molecule has 0 saturated carbocycles. The van der Waals surface area contributed by atoms with E-state index in [0.29, 0.717) is 6.42 Å². The fourth-order valence-electron chi connectivity index (χ4n) is 0.972. The van der Waals surface area contributed by atoms with Crippen LogP contribution in [0.2, 0.25) is 0 Å². The molecule has 0 saturated heterocycles. The molecule has 4 nitrogen and oxygen atoms in total. The van der Waals surface area contributed by atoms with E-state index in [4.69, 9.17) is 5.11 Å². The maximum absolute atomic E-state index is 10.9. The van der Waals surface area contributed by atoms with Crippen LogP contribution in [0.4, 0.5) is 0 Å². The van der Waals surface area contributed by atoms with Crippen molar-refractivity contribution in [3.8, 4) is 0 Å². The van der Waals surface area contributed by atoms with Crippen molar-refractivity contribution in [3.63, 3.8) is 0 Å². The molecular weight excluding hydrogens is 156 g/mol. The van der Waals surface area contributed by atoms with Gasteiger partial charge < -0.3 is 5.11 Å². The standard InChI is InChI=1S/C8H12N2O2/c1-3-8(2,7(11)12)10-6-4-5-9-10/h4-6H,3H2,1-2H3,(H,11,12). The summed E-state index contributed by atoms with van der Waals surface area (Å²) in [5.41, 5.74) is -0.913. The van der Waals surface area contributed by atoms with Crippen LogP contribution in [0.25, 0.3) is 0 Å². The van der Waals surface area contributed by atoms with Crippen molar-refractivity contribution in [3.05, 3.63) is 18.5 Å². The van der Waals surface area contributed by atoms with Gasteiger partial charge in [-0.1, -0.05) is 6.92 Å². The molecule has 1 aromatic rings. The molecule has 1 atom stereocenters. The molecule has 12 heavy (non-hydrogen) atoms. The van der Waals surface area contributed by atoms with Crippen LogP contribution >= 0.6 is 0 Å². The van der Waals surface area contributed by atoms with E-state index < -0.39 is 11.5 Å². The number of carboxylic acid groups (broad SMARTS) is 1. The second kappa shape index (κ2) is 2.97. The van der Waals surface area contributed by atoms with Gasteiger partial charge in [0.15, 0.2) is 5.54 Å². The molecule has 0 bridgehead atoms. The minimum atomic E-state index is -0.913. The van der Waals surface area contributed by atoms with Gasteiger partial charge in [-0.05, 0) is 19.4 Å². The number of hydrogen-bond acceptors (Lipinski definition) is 2. The Morgan fingerprint density at radius 2 is 2.42 bits per heavy atom. The number of carbonyl (C=O) groups is 1. The van der Waals surface area contributed by atoms with Crippen LogP contribution in [-0.4, -0.2) is 20.9 Å². The smallest absolute Gasteiger partial charge is 0.331 e. The Labute approximate surface area is 70.8 Å². The molecule has 1 heterocycles. The summed E-state index contributed by atoms with van der Waals surface area (Å²) in [6.45, 7) is 3.48. The Balaban J connectivity index is 3.04. The van der Waals surface area contributed by atoms with Crippen LogP contribution in [0, 0.1) is 0 Å². The fraction of sp³-hybridized carbons (Fsp3) is 0.500. The molecule has 0 aliphatic rings. The average Bonchev–Trinajstić information content (AvgIpc) is 2.54. The second-order valence-corrected chi connectivity index (χ2v) is 2.88. The highest BCUT2D eigenvalue weighted by atomic mass is 16.4. The zero-order chi connectivity index (χ0) is 9.19. The van der Waals surface area contributed by atoms with E-state index in [2.05, 4.69) is 5.10 Å². The number of aromatic nitrogens is 2. The average molecular weight is 168 g/mol. The molecular formula is C8H12N2O2. The maximum Gasteiger partial charge on any atom is 0.331 e. The highest BCUT2D eigenvalue weighted by molar-refractivity contribution is 5.75. The Kier molecular flexibility index (Phi) is 2.17. The van der Waals surface area contributed by atoms with Crippen molar-refractivity contribution >= 4 is 5.97 Å². The molecule has 0 fully saturated rings. The van der Waals surface area contributed by atoms with Gasteiger partial charge in [-0.2, -0.15) is 5.10 Å². The Morgan fingerprint density at radius 3 is 2.75 bits per heavy atom. The van der Waals surface area contributed by atoms with E-state index in [0.717, 1.165) is 0 Å². The van der Waals surface area contributed by atoms with Gasteiger partial charge in [-0.25, -0.2) is 4.79 Å². The Bertz CT molecular complexity index is 269. The molecule has 1 N–H and O–H groups in total. The minimum Gasteiger partial charge on any atom is -0.479 e. The predicted molar refractivity (Wildman–Crippen MR) is 43.8 cm³/mol. The highest BCUT2D eigenvalue weighted by Crippen LogP contribution is 2.18. The van der Waals surface area contributed by atoms with E-state index >= 15 is 0 Å². The highest BCUT2D eigenvalue weighted by Gasteiger charge is 2.33. The SMILES string of the molecule is CCC(C)(C(=O)O)n1cccn1. The fourth-order valence-corrected chi connectivity index (χ4v) is 0.972. The van der Waals surface area contributed by atoms with Crippen molar-refractivity contribution in [2.75, 3.05) is 0 Å². The van der Waals surface area contributed by atoms with Crippen LogP contribution in [0.1, 0.15) is 20.3 Å². The molecule has 0 radical (unpaired) electrons. The van der Waals surface area contributed by atoms with E-state index in [1.54, 1.807) is 25.4 Å². The number of hydrogen-bond donors (Lipinski definition) is 1. The summed E-state index contributed by atoms with van der Waals surface area (Å²) in [6, 6.07) is 1.72. The van der Waals surface area contributed by atoms with Crippen LogP contribution in [0.15, 0.2) is 18.5 Å². The van der Waals surface area contributed by atoms with Gasteiger partial charge in [0.05, 0.1) is 0 Å². The first-order chi connectivity index (χ1) is 5.61. The van der Waals surface area contributed by atoms with Gasteiger partial charge in [0.1, 0.15) is 0 Å². The van der Waals surface area contributed by atoms with Gasteiger partial charge in [0, 0.05) is 12.4 Å². The molecule has 1 aromatic heterocycles. The lowest BCUT2D eigenvalue weighted by Gasteiger charge is -2.23. The predicted octanol–water partition coefficient (Wildman–Crippen LogP) is 1.09. The van der Waals surface area contributed by atoms with Crippen LogP contribution in [-0.2, 0) is 10.3 Å². The summed E-state index contributed by atoms with van der Waals surface area (Å²) in [4.78, 5) is 10.9. The van der Waals surface area contributed by atoms with E-state index in [9.17, 15) is 4.79 Å². The van der Waals surface area contributed by atoms with Crippen LogP contribution < -0.4 is 0 Å². The molecule has 1 unspecified atom stereocenters. The third-order valence-electron chi connectivity index (χ3n) is 2.16. The van der Waals surface area contributed by atoms with Gasteiger partial charge in [-0.3, -0.25) is 4.68 Å². The Morgan fingerprint density at radius 1 is 1.75 bits per heavy atom. The lowest BCUT2D eigenvalue weighted by Crippen LogP contribution is -2.38. The zero-order valence-corrected chi connectivity index (χ0v) is 7.19. The molecule has 1 rings (SSSR count). The molecule has 0 spiro atoms. The van der Waals surface area contributed by atoms with Crippen molar-refractivity contribution in [2.45, 2.75) is 25.8 Å². The monoisotopic (exact) mass is 168 g/mol. The van der Waals surface area contributed by atoms with Crippen molar-refractivity contribution in [1.82, 2.24) is 9.78 Å². The summed E-state index contributed by atoms with van der Waals surface area (Å²) >= 11 is 0. The van der Waals surface area contributed by atoms with E-state index in [1.807, 2.05) is 6.92 Å². The zero-order valence-electron chi connectivity index (χ0n) is 7.19. The van der Waals surface area contributed by atoms with Gasteiger partial charge >= 0.3 is 5.97 Å². The van der Waals surface area contributed by atoms with Crippen LogP contribution in [0.3, 0.4) is 0 Å². The lowest BCUT2D eigenvalue weighted by molar-refractivity contribution is -0.147. The third-order valence-corrected chi connectivity index (χ3v) is 2.16. The van der Waals surface area contributed by atoms with Gasteiger partial charge in [-0.15, -0.1) is 0 Å². The first-order valence-corrected chi connectivity index (χ1v) is 3.85. The normalized spacial score (nSPS) is 15.5. The minimum absolute atomic E-state index is 0.518. The summed E-state index contributed by atoms with van der Waals surface area (Å²) in [7, 11) is 0. The van der Waals surface area contributed by atoms with E-state index in [1.165, 1.54) is 4.68 Å². The number of nitrogens with zero attached hydrogens (tertiary/aromatic N) is 2. The molecule has 0 aliphatic heterocycles. The summed E-state index contributed by atoms with van der Waals surface area (Å²) in [5.74, 6) is -0.853. The quantitative estimate of drug-likeness (QED) is 0.735. The van der Waals surface area contributed by atoms with Crippen molar-refractivity contribution < 1.29 is 9.90 Å². The number of aliphatic carboxylic acids is 1. The summed E-state index contributed by atoms with van der Waals surface area (Å²) in [5, 5.41) is 12.9. The lowest BCUT2D eigenvalue weighted by atomic mass is 10.00. The molecule has 0 aliphatic carbocycles. The molecule has 0 aromatic carbocycles. The number of rotatable bonds is 3. The summed E-state index contributed by atoms with van der Waals surface area (Å²) < 4.78 is 1.47. The van der Waals surface area contributed by atoms with Crippen molar-refractivity contribution in [1.29, 1.82) is 0 Å². The van der Waals surface area contributed by atoms with Crippen LogP contribution in [0.5, 0.6) is 0 Å². The summed E-state index contributed by atoms with van der Waals surface area (Å²) in [6.07, 6.45) is 3.76. The largest absolute Gasteiger partial charge is 0.479 e. The number of carboxylic acids is 1. The first-order valence-electron chi connectivity index (χ1n) is 3.85. The topological polar surface area (TPSA) is 55.1 Å². The molecule has 4 heteroatoms. The van der Waals surface area contributed by atoms with Crippen molar-refractivity contribution in [2.24, 2.45) is 0 Å². The van der Waals surface area contributed by atoms with Gasteiger partial charge in [0.2, 0.25) is 0 Å². The van der Waals surface area contributed by atoms with Gasteiger partial charge in [0.25, 0.3) is 0 Å². The second-order valence-electron chi connectivity index (χ2n) is 2.88. The van der Waals surface area contributed by atoms with E-state index in [-0.39, 0.29) is 0 Å².